The minimum absolute atomic E-state index is 0.0345. The molecule has 6 heteroatoms. The molecule has 0 saturated heterocycles. The summed E-state index contributed by atoms with van der Waals surface area (Å²) < 4.78 is 7.51. The van der Waals surface area contributed by atoms with Crippen molar-refractivity contribution in [3.05, 3.63) is 206 Å². The molecule has 2 aliphatic rings. The van der Waals surface area contributed by atoms with E-state index in [2.05, 4.69) is 220 Å². The number of hydrogen-bond donors (Lipinski definition) is 0. The van der Waals surface area contributed by atoms with Crippen molar-refractivity contribution in [2.24, 2.45) is 0 Å². The zero-order valence-electron chi connectivity index (χ0n) is 33.1. The van der Waals surface area contributed by atoms with E-state index in [-0.39, 0.29) is 13.4 Å². The van der Waals surface area contributed by atoms with Gasteiger partial charge in [-0.25, -0.2) is 4.98 Å². The topological polar surface area (TPSA) is 27.2 Å². The average molecular weight is 773 g/mol. The monoisotopic (exact) mass is 772 g/mol. The highest BCUT2D eigenvalue weighted by atomic mass is 15.2. The molecule has 0 unspecified atom stereocenters. The number of imidazole rings is 2. The number of benzene rings is 9. The number of fused-ring (bicyclic) bond motifs is 13. The molecule has 0 N–H and O–H groups in total. The molecule has 0 aliphatic carbocycles. The first-order chi connectivity index (χ1) is 30.3. The molecule has 5 heterocycles. The summed E-state index contributed by atoms with van der Waals surface area (Å²) in [6.07, 6.45) is 0. The van der Waals surface area contributed by atoms with Gasteiger partial charge in [-0.05, 0) is 74.4 Å². The summed E-state index contributed by atoms with van der Waals surface area (Å²) in [6.45, 7) is -0.000278. The molecule has 9 aromatic carbocycles. The molecular formula is C55H34B2N4. The Morgan fingerprint density at radius 1 is 0.361 bits per heavy atom. The van der Waals surface area contributed by atoms with Crippen molar-refractivity contribution in [2.45, 2.75) is 0 Å². The third kappa shape index (κ3) is 4.38. The van der Waals surface area contributed by atoms with Crippen LogP contribution in [-0.4, -0.2) is 31.9 Å². The molecule has 0 fully saturated rings. The summed E-state index contributed by atoms with van der Waals surface area (Å²) in [5.74, 6) is 0.939. The van der Waals surface area contributed by atoms with Crippen molar-refractivity contribution in [1.29, 1.82) is 0 Å². The second-order valence-electron chi connectivity index (χ2n) is 16.6. The molecule has 3 aromatic heterocycles. The van der Waals surface area contributed by atoms with E-state index in [1.165, 1.54) is 99.2 Å². The van der Waals surface area contributed by atoms with Crippen LogP contribution in [0.3, 0.4) is 0 Å². The van der Waals surface area contributed by atoms with Crippen LogP contribution in [0.5, 0.6) is 0 Å². The summed E-state index contributed by atoms with van der Waals surface area (Å²) in [5, 5.41) is 2.51. The van der Waals surface area contributed by atoms with Crippen LogP contribution in [0.15, 0.2) is 206 Å². The zero-order chi connectivity index (χ0) is 39.8. The minimum Gasteiger partial charge on any atom is -0.310 e. The minimum atomic E-state index is -0.0347. The number of nitrogens with zero attached hydrogens (tertiary/aromatic N) is 4. The van der Waals surface area contributed by atoms with Crippen molar-refractivity contribution >= 4 is 95.9 Å². The maximum atomic E-state index is 5.45. The van der Waals surface area contributed by atoms with Gasteiger partial charge in [-0.3, -0.25) is 8.97 Å². The molecule has 4 nitrogen and oxygen atoms in total. The smallest absolute Gasteiger partial charge is 0.247 e. The van der Waals surface area contributed by atoms with Gasteiger partial charge in [-0.1, -0.05) is 187 Å². The van der Waals surface area contributed by atoms with Gasteiger partial charge >= 0.3 is 0 Å². The predicted molar refractivity (Wildman–Crippen MR) is 257 cm³/mol. The quantitative estimate of drug-likeness (QED) is 0.165. The molecule has 0 spiro atoms. The Hall–Kier alpha value is -7.82. The van der Waals surface area contributed by atoms with Gasteiger partial charge in [0.15, 0.2) is 0 Å². The molecule has 2 aliphatic heterocycles. The Morgan fingerprint density at radius 3 is 1.56 bits per heavy atom. The van der Waals surface area contributed by atoms with E-state index in [0.717, 1.165) is 16.8 Å². The summed E-state index contributed by atoms with van der Waals surface area (Å²) in [4.78, 5) is 5.45. The number of para-hydroxylation sites is 5. The van der Waals surface area contributed by atoms with Crippen molar-refractivity contribution in [1.82, 2.24) is 18.5 Å². The first kappa shape index (κ1) is 33.1. The Bertz CT molecular complexity index is 3780. The van der Waals surface area contributed by atoms with Gasteiger partial charge in [0.25, 0.3) is 0 Å². The SMILES string of the molecule is c1ccc(-c2ccccc2B2c3ccccc3-n3c4cc5c6c(c4c4cccc2c43)n2c3ccccc3nc2n6-c2ccccc2B5c2ccccc2-c2ccccc2)cc1. The van der Waals surface area contributed by atoms with Crippen LogP contribution < -0.4 is 32.8 Å². The molecule has 61 heavy (non-hydrogen) atoms. The highest BCUT2D eigenvalue weighted by Gasteiger charge is 2.40. The fourth-order valence-electron chi connectivity index (χ4n) is 11.2. The summed E-state index contributed by atoms with van der Waals surface area (Å²) in [5.41, 5.74) is 22.2. The van der Waals surface area contributed by atoms with Gasteiger partial charge in [-0.15, -0.1) is 0 Å². The van der Waals surface area contributed by atoms with Gasteiger partial charge in [0.05, 0.1) is 27.6 Å². The molecular weight excluding hydrogens is 738 g/mol. The predicted octanol–water partition coefficient (Wildman–Crippen LogP) is 8.52. The van der Waals surface area contributed by atoms with Crippen LogP contribution in [0.1, 0.15) is 0 Å². The van der Waals surface area contributed by atoms with Crippen LogP contribution in [-0.2, 0) is 0 Å². The standard InChI is InChI=1S/C55H34B2N4/c1-3-18-35(19-4-1)37-22-7-9-25-40(37)56-42-27-11-14-31-47(42)59-50-34-45-53-54(51(50)39-24-17-29-44(56)52(39)59)61-49-33-16-13-30-46(49)58-55(61)60(53)48-32-15-12-28-43(48)57(45)41-26-10-8-23-38(41)36-20-5-2-6-21-36/h1-34H. The Morgan fingerprint density at radius 2 is 0.885 bits per heavy atom. The number of hydrogen-bond acceptors (Lipinski definition) is 1. The van der Waals surface area contributed by atoms with Crippen LogP contribution in [0.4, 0.5) is 0 Å². The molecule has 0 bridgehead atoms. The Kier molecular flexibility index (Phi) is 6.70. The maximum Gasteiger partial charge on any atom is 0.247 e. The van der Waals surface area contributed by atoms with Gasteiger partial charge < -0.3 is 4.57 Å². The summed E-state index contributed by atoms with van der Waals surface area (Å²) in [6, 6.07) is 76.1. The third-order valence-corrected chi connectivity index (χ3v) is 13.6. The van der Waals surface area contributed by atoms with E-state index in [1.807, 2.05) is 0 Å². The van der Waals surface area contributed by atoms with E-state index in [1.54, 1.807) is 0 Å². The second-order valence-corrected chi connectivity index (χ2v) is 16.6. The maximum absolute atomic E-state index is 5.45. The van der Waals surface area contributed by atoms with Gasteiger partial charge in [-0.2, -0.15) is 0 Å². The fourth-order valence-corrected chi connectivity index (χ4v) is 11.2. The van der Waals surface area contributed by atoms with Gasteiger partial charge in [0.2, 0.25) is 19.2 Å². The van der Waals surface area contributed by atoms with E-state index in [0.29, 0.717) is 0 Å². The lowest BCUT2D eigenvalue weighted by Crippen LogP contribution is -2.57. The fraction of sp³-hybridized carbons (Fsp3) is 0. The van der Waals surface area contributed by atoms with Crippen molar-refractivity contribution in [3.8, 4) is 33.6 Å². The summed E-state index contributed by atoms with van der Waals surface area (Å²) >= 11 is 0. The lowest BCUT2D eigenvalue weighted by molar-refractivity contribution is 1.11. The molecule has 0 saturated carbocycles. The first-order valence-electron chi connectivity index (χ1n) is 21.2. The third-order valence-electron chi connectivity index (χ3n) is 13.6. The molecule has 0 radical (unpaired) electrons. The van der Waals surface area contributed by atoms with E-state index >= 15 is 0 Å². The largest absolute Gasteiger partial charge is 0.310 e. The Balaban J connectivity index is 1.18. The average Bonchev–Trinajstić information content (AvgIpc) is 3.98. The van der Waals surface area contributed by atoms with E-state index < -0.39 is 0 Å². The van der Waals surface area contributed by atoms with Crippen LogP contribution in [0, 0.1) is 0 Å². The molecule has 280 valence electrons. The van der Waals surface area contributed by atoms with Crippen molar-refractivity contribution in [2.75, 3.05) is 0 Å². The van der Waals surface area contributed by atoms with Crippen molar-refractivity contribution in [3.63, 3.8) is 0 Å². The van der Waals surface area contributed by atoms with Crippen molar-refractivity contribution < 1.29 is 0 Å². The van der Waals surface area contributed by atoms with Gasteiger partial charge in [0, 0.05) is 27.7 Å². The van der Waals surface area contributed by atoms with Crippen LogP contribution in [0.25, 0.3) is 83.3 Å². The molecule has 0 amide bonds. The first-order valence-corrected chi connectivity index (χ1v) is 21.2. The Labute approximate surface area is 352 Å². The van der Waals surface area contributed by atoms with E-state index in [4.69, 9.17) is 4.98 Å². The number of rotatable bonds is 4. The normalized spacial score (nSPS) is 12.9. The van der Waals surface area contributed by atoms with E-state index in [9.17, 15) is 0 Å². The summed E-state index contributed by atoms with van der Waals surface area (Å²) in [7, 11) is 0. The highest BCUT2D eigenvalue weighted by molar-refractivity contribution is 6.99. The lowest BCUT2D eigenvalue weighted by Gasteiger charge is -2.29. The van der Waals surface area contributed by atoms with Gasteiger partial charge in [0.1, 0.15) is 0 Å². The highest BCUT2D eigenvalue weighted by Crippen LogP contribution is 2.41. The molecule has 12 aromatic rings. The number of aromatic nitrogens is 4. The molecule has 14 rings (SSSR count). The lowest BCUT2D eigenvalue weighted by atomic mass is 9.34. The second kappa shape index (κ2) is 12.4. The van der Waals surface area contributed by atoms with Crippen LogP contribution in [0.2, 0.25) is 0 Å². The van der Waals surface area contributed by atoms with Crippen LogP contribution >= 0.6 is 0 Å². The zero-order valence-corrected chi connectivity index (χ0v) is 33.1. The molecule has 0 atom stereocenters.